The van der Waals surface area contributed by atoms with Gasteiger partial charge in [0, 0.05) is 25.2 Å². The predicted octanol–water partition coefficient (Wildman–Crippen LogP) is 3.17. The molecule has 0 heterocycles. The lowest BCUT2D eigenvalue weighted by atomic mass is 9.89. The first-order chi connectivity index (χ1) is 14.7. The Hall–Kier alpha value is -1.93. The first-order valence-electron chi connectivity index (χ1n) is 11.4. The van der Waals surface area contributed by atoms with Gasteiger partial charge in [0.05, 0.1) is 4.90 Å². The van der Waals surface area contributed by atoms with Crippen molar-refractivity contribution in [1.29, 1.82) is 0 Å². The molecule has 1 aliphatic carbocycles. The lowest BCUT2D eigenvalue weighted by Crippen LogP contribution is -2.50. The van der Waals surface area contributed by atoms with Crippen LogP contribution in [0.25, 0.3) is 0 Å². The Morgan fingerprint density at radius 3 is 2.32 bits per heavy atom. The molecule has 1 aromatic carbocycles. The van der Waals surface area contributed by atoms with E-state index in [1.54, 1.807) is 26.0 Å². The first kappa shape index (κ1) is 25.3. The zero-order valence-corrected chi connectivity index (χ0v) is 20.0. The van der Waals surface area contributed by atoms with Gasteiger partial charge in [0.2, 0.25) is 15.9 Å². The van der Waals surface area contributed by atoms with Gasteiger partial charge in [0.25, 0.3) is 5.91 Å². The van der Waals surface area contributed by atoms with Crippen LogP contribution in [-0.4, -0.2) is 50.2 Å². The smallest absolute Gasteiger partial charge is 0.251 e. The Morgan fingerprint density at radius 2 is 1.74 bits per heavy atom. The predicted molar refractivity (Wildman–Crippen MR) is 122 cm³/mol. The number of sulfonamides is 1. The van der Waals surface area contributed by atoms with Gasteiger partial charge in [-0.2, -0.15) is 4.31 Å². The molecule has 1 fully saturated rings. The van der Waals surface area contributed by atoms with Crippen molar-refractivity contribution in [3.63, 3.8) is 0 Å². The minimum absolute atomic E-state index is 0.0756. The highest BCUT2D eigenvalue weighted by atomic mass is 32.2. The molecule has 0 aromatic heterocycles. The summed E-state index contributed by atoms with van der Waals surface area (Å²) in [6.07, 6.45) is 5.94. The zero-order valence-electron chi connectivity index (χ0n) is 19.2. The molecule has 0 saturated heterocycles. The van der Waals surface area contributed by atoms with Gasteiger partial charge in [-0.3, -0.25) is 9.59 Å². The molecule has 7 nitrogen and oxygen atoms in total. The van der Waals surface area contributed by atoms with Crippen molar-refractivity contribution >= 4 is 21.8 Å². The van der Waals surface area contributed by atoms with E-state index in [4.69, 9.17) is 0 Å². The highest BCUT2D eigenvalue weighted by Gasteiger charge is 2.27. The normalized spacial score (nSPS) is 16.3. The average Bonchev–Trinajstić information content (AvgIpc) is 2.77. The van der Waals surface area contributed by atoms with Gasteiger partial charge in [0.15, 0.2) is 0 Å². The molecular formula is C23H37N3O4S. The molecule has 1 saturated carbocycles. The molecule has 31 heavy (non-hydrogen) atoms. The Kier molecular flexibility index (Phi) is 9.50. The first-order valence-corrected chi connectivity index (χ1v) is 12.8. The quantitative estimate of drug-likeness (QED) is 0.571. The van der Waals surface area contributed by atoms with Crippen molar-refractivity contribution in [2.45, 2.75) is 70.7 Å². The summed E-state index contributed by atoms with van der Waals surface area (Å²) in [5.41, 5.74) is 0.221. The van der Waals surface area contributed by atoms with Gasteiger partial charge >= 0.3 is 0 Å². The van der Waals surface area contributed by atoms with Crippen LogP contribution in [0.5, 0.6) is 0 Å². The number of nitrogens with one attached hydrogen (secondary N) is 2. The fourth-order valence-corrected chi connectivity index (χ4v) is 5.52. The number of carbonyl (C=O) groups is 2. The van der Waals surface area contributed by atoms with Crippen LogP contribution in [-0.2, 0) is 14.8 Å². The number of rotatable bonds is 10. The van der Waals surface area contributed by atoms with E-state index in [-0.39, 0.29) is 22.3 Å². The lowest BCUT2D eigenvalue weighted by molar-refractivity contribution is -0.124. The molecule has 1 unspecified atom stereocenters. The number of benzene rings is 1. The van der Waals surface area contributed by atoms with Gasteiger partial charge < -0.3 is 10.6 Å². The van der Waals surface area contributed by atoms with Gasteiger partial charge in [-0.25, -0.2) is 8.42 Å². The molecule has 0 aliphatic heterocycles. The number of hydrogen-bond donors (Lipinski definition) is 2. The Balaban J connectivity index is 2.09. The molecule has 1 aliphatic rings. The third-order valence-corrected chi connectivity index (χ3v) is 8.01. The molecule has 0 spiro atoms. The summed E-state index contributed by atoms with van der Waals surface area (Å²) in [5.74, 6) is -0.245. The van der Waals surface area contributed by atoms with Crippen LogP contribution < -0.4 is 10.6 Å². The fourth-order valence-electron chi connectivity index (χ4n) is 4.02. The Bertz CT molecular complexity index is 844. The Morgan fingerprint density at radius 1 is 1.10 bits per heavy atom. The maximum absolute atomic E-state index is 12.9. The summed E-state index contributed by atoms with van der Waals surface area (Å²) in [7, 11) is -3.67. The van der Waals surface area contributed by atoms with Crippen LogP contribution >= 0.6 is 0 Å². The van der Waals surface area contributed by atoms with Crippen molar-refractivity contribution in [1.82, 2.24) is 14.9 Å². The standard InChI is InChI=1S/C23H37N3O4S/c1-5-26(6-2)31(29,30)20-14-10-13-19(15-20)22(27)25-21(17(3)4)23(28)24-16-18-11-8-7-9-12-18/h10,13-15,17-18,21H,5-9,11-12,16H2,1-4H3,(H,24,28)(H,25,27). The van der Waals surface area contributed by atoms with Crippen LogP contribution in [0.3, 0.4) is 0 Å². The Labute approximate surface area is 187 Å². The van der Waals surface area contributed by atoms with Crippen molar-refractivity contribution in [2.75, 3.05) is 19.6 Å². The van der Waals surface area contributed by atoms with E-state index < -0.39 is 22.0 Å². The highest BCUT2D eigenvalue weighted by molar-refractivity contribution is 7.89. The molecule has 2 N–H and O–H groups in total. The third kappa shape index (κ3) is 6.77. The monoisotopic (exact) mass is 451 g/mol. The van der Waals surface area contributed by atoms with E-state index in [9.17, 15) is 18.0 Å². The molecule has 0 radical (unpaired) electrons. The molecule has 174 valence electrons. The van der Waals surface area contributed by atoms with Gasteiger partial charge in [-0.15, -0.1) is 0 Å². The second kappa shape index (κ2) is 11.6. The largest absolute Gasteiger partial charge is 0.354 e. The summed E-state index contributed by atoms with van der Waals surface area (Å²) in [6, 6.07) is 5.30. The van der Waals surface area contributed by atoms with Gasteiger partial charge in [-0.1, -0.05) is 53.0 Å². The maximum atomic E-state index is 12.9. The lowest BCUT2D eigenvalue weighted by Gasteiger charge is -2.25. The van der Waals surface area contributed by atoms with Crippen LogP contribution in [0.2, 0.25) is 0 Å². The van der Waals surface area contributed by atoms with Crippen molar-refractivity contribution in [3.05, 3.63) is 29.8 Å². The SMILES string of the molecule is CCN(CC)S(=O)(=O)c1cccc(C(=O)NC(C(=O)NCC2CCCCC2)C(C)C)c1. The van der Waals surface area contributed by atoms with Crippen LogP contribution in [0, 0.1) is 11.8 Å². The molecule has 0 bridgehead atoms. The van der Waals surface area contributed by atoms with E-state index >= 15 is 0 Å². The minimum Gasteiger partial charge on any atom is -0.354 e. The number of hydrogen-bond acceptors (Lipinski definition) is 4. The maximum Gasteiger partial charge on any atom is 0.251 e. The van der Waals surface area contributed by atoms with Crippen LogP contribution in [0.15, 0.2) is 29.2 Å². The molecular weight excluding hydrogens is 414 g/mol. The molecule has 8 heteroatoms. The topological polar surface area (TPSA) is 95.6 Å². The number of amides is 2. The van der Waals surface area contributed by atoms with E-state index in [1.165, 1.54) is 35.7 Å². The van der Waals surface area contributed by atoms with Crippen LogP contribution in [0.1, 0.15) is 70.2 Å². The van der Waals surface area contributed by atoms with Crippen LogP contribution in [0.4, 0.5) is 0 Å². The summed E-state index contributed by atoms with van der Waals surface area (Å²) >= 11 is 0. The second-order valence-corrected chi connectivity index (χ2v) is 10.5. The fraction of sp³-hybridized carbons (Fsp3) is 0.652. The number of nitrogens with zero attached hydrogens (tertiary/aromatic N) is 1. The summed E-state index contributed by atoms with van der Waals surface area (Å²) < 4.78 is 26.9. The van der Waals surface area contributed by atoms with Crippen molar-refractivity contribution in [2.24, 2.45) is 11.8 Å². The van der Waals surface area contributed by atoms with E-state index in [0.29, 0.717) is 25.6 Å². The van der Waals surface area contributed by atoms with E-state index in [1.807, 2.05) is 13.8 Å². The summed E-state index contributed by atoms with van der Waals surface area (Å²) in [6.45, 7) is 8.65. The molecule has 2 rings (SSSR count). The third-order valence-electron chi connectivity index (χ3n) is 5.96. The van der Waals surface area contributed by atoms with Gasteiger partial charge in [0.1, 0.15) is 6.04 Å². The molecule has 1 atom stereocenters. The second-order valence-electron chi connectivity index (χ2n) is 8.56. The van der Waals surface area contributed by atoms with Crippen molar-refractivity contribution < 1.29 is 18.0 Å². The number of carbonyl (C=O) groups excluding carboxylic acids is 2. The molecule has 2 amide bonds. The zero-order chi connectivity index (χ0) is 23.0. The molecule has 1 aromatic rings. The average molecular weight is 452 g/mol. The van der Waals surface area contributed by atoms with E-state index in [0.717, 1.165) is 12.8 Å². The summed E-state index contributed by atoms with van der Waals surface area (Å²) in [5, 5.41) is 5.80. The van der Waals surface area contributed by atoms with Crippen molar-refractivity contribution in [3.8, 4) is 0 Å². The highest BCUT2D eigenvalue weighted by Crippen LogP contribution is 2.23. The minimum atomic E-state index is -3.67. The van der Waals surface area contributed by atoms with Gasteiger partial charge in [-0.05, 0) is 42.9 Å². The van der Waals surface area contributed by atoms with E-state index in [2.05, 4.69) is 10.6 Å². The summed E-state index contributed by atoms with van der Waals surface area (Å²) in [4.78, 5) is 25.7.